The third-order valence-electron chi connectivity index (χ3n) is 6.81. The van der Waals surface area contributed by atoms with E-state index in [9.17, 15) is 13.2 Å². The van der Waals surface area contributed by atoms with Gasteiger partial charge < -0.3 is 4.90 Å². The first-order chi connectivity index (χ1) is 17.1. The molecule has 1 aromatic heterocycles. The molecule has 0 atom stereocenters. The molecule has 0 aliphatic carbocycles. The van der Waals surface area contributed by atoms with Crippen molar-refractivity contribution >= 4 is 54.2 Å². The minimum atomic E-state index is -3.62. The molecule has 10 heteroatoms. The third kappa shape index (κ3) is 5.75. The Morgan fingerprint density at radius 2 is 1.75 bits per heavy atom. The van der Waals surface area contributed by atoms with Gasteiger partial charge in [0.2, 0.25) is 15.9 Å². The number of amides is 1. The molecule has 0 radical (unpaired) electrons. The summed E-state index contributed by atoms with van der Waals surface area (Å²) in [6.45, 7) is 6.20. The summed E-state index contributed by atoms with van der Waals surface area (Å²) in [6, 6.07) is 10.4. The van der Waals surface area contributed by atoms with Crippen LogP contribution in [0.1, 0.15) is 30.4 Å². The molecule has 1 aliphatic rings. The molecular formula is C26H33ClN4O3S2. The first kappa shape index (κ1) is 27.0. The van der Waals surface area contributed by atoms with Gasteiger partial charge in [0.1, 0.15) is 0 Å². The number of thiazole rings is 1. The quantitative estimate of drug-likeness (QED) is 0.398. The summed E-state index contributed by atoms with van der Waals surface area (Å²) in [5, 5.41) is 1.21. The topological polar surface area (TPSA) is 73.8 Å². The van der Waals surface area contributed by atoms with Crippen molar-refractivity contribution in [2.24, 2.45) is 5.92 Å². The molecule has 0 spiro atoms. The van der Waals surface area contributed by atoms with Crippen molar-refractivity contribution in [3.63, 3.8) is 0 Å². The second kappa shape index (κ2) is 11.1. The number of carbonyl (C=O) groups is 1. The fourth-order valence-corrected chi connectivity index (χ4v) is 7.15. The lowest BCUT2D eigenvalue weighted by molar-refractivity contribution is -0.123. The van der Waals surface area contributed by atoms with Crippen LogP contribution >= 0.6 is 22.9 Å². The number of piperidine rings is 1. The van der Waals surface area contributed by atoms with Crippen LogP contribution < -0.4 is 4.90 Å². The Bertz CT molecular complexity index is 1330. The molecule has 1 saturated heterocycles. The van der Waals surface area contributed by atoms with Crippen molar-refractivity contribution in [2.75, 3.05) is 45.2 Å². The van der Waals surface area contributed by atoms with Crippen molar-refractivity contribution in [1.29, 1.82) is 0 Å². The Morgan fingerprint density at radius 1 is 1.08 bits per heavy atom. The smallest absolute Gasteiger partial charge is 0.243 e. The third-order valence-corrected chi connectivity index (χ3v) is 10.0. The highest BCUT2D eigenvalue weighted by atomic mass is 35.5. The number of hydrogen-bond acceptors (Lipinski definition) is 6. The number of fused-ring (bicyclic) bond motifs is 1. The largest absolute Gasteiger partial charge is 0.309 e. The number of nitrogens with zero attached hydrogens (tertiary/aromatic N) is 4. The molecule has 2 aromatic carbocycles. The zero-order valence-corrected chi connectivity index (χ0v) is 23.6. The second-order valence-corrected chi connectivity index (χ2v) is 13.0. The van der Waals surface area contributed by atoms with Gasteiger partial charge >= 0.3 is 0 Å². The summed E-state index contributed by atoms with van der Waals surface area (Å²) in [7, 11) is 0.425. The van der Waals surface area contributed by atoms with Gasteiger partial charge in [-0.25, -0.2) is 13.4 Å². The van der Waals surface area contributed by atoms with Crippen LogP contribution in [-0.4, -0.2) is 68.8 Å². The lowest BCUT2D eigenvalue weighted by Gasteiger charge is -2.33. The Kier molecular flexibility index (Phi) is 8.36. The Balaban J connectivity index is 1.52. The molecule has 194 valence electrons. The van der Waals surface area contributed by atoms with Crippen molar-refractivity contribution in [2.45, 2.75) is 38.0 Å². The lowest BCUT2D eigenvalue weighted by atomic mass is 9.96. The van der Waals surface area contributed by atoms with E-state index in [-0.39, 0.29) is 16.7 Å². The number of anilines is 1. The van der Waals surface area contributed by atoms with Gasteiger partial charge in [-0.3, -0.25) is 9.69 Å². The fourth-order valence-electron chi connectivity index (χ4n) is 4.49. The maximum Gasteiger partial charge on any atom is 0.243 e. The molecule has 0 unspecified atom stereocenters. The normalized spacial score (nSPS) is 15.6. The predicted octanol–water partition coefficient (Wildman–Crippen LogP) is 4.95. The SMILES string of the molecule is Cc1ccc2sc(N(CCCN(C)C)C(=O)C3CCN(S(=O)(=O)c4ccc(Cl)cc4)CC3)nc2c1C. The molecular weight excluding hydrogens is 516 g/mol. The van der Waals surface area contributed by atoms with Crippen LogP contribution in [0, 0.1) is 19.8 Å². The van der Waals surface area contributed by atoms with Gasteiger partial charge in [-0.1, -0.05) is 29.0 Å². The number of halogens is 1. The minimum absolute atomic E-state index is 0.0331. The molecule has 1 fully saturated rings. The van der Waals surface area contributed by atoms with E-state index in [4.69, 9.17) is 16.6 Å². The van der Waals surface area contributed by atoms with E-state index in [1.165, 1.54) is 22.0 Å². The Hall–Kier alpha value is -2.04. The minimum Gasteiger partial charge on any atom is -0.309 e. The molecule has 0 bridgehead atoms. The summed E-state index contributed by atoms with van der Waals surface area (Å²) in [5.74, 6) is -0.207. The van der Waals surface area contributed by atoms with Gasteiger partial charge in [0.15, 0.2) is 5.13 Å². The van der Waals surface area contributed by atoms with Crippen LogP contribution in [0.3, 0.4) is 0 Å². The zero-order chi connectivity index (χ0) is 26.0. The molecule has 1 amide bonds. The average molecular weight is 549 g/mol. The molecule has 7 nitrogen and oxygen atoms in total. The number of rotatable bonds is 8. The van der Waals surface area contributed by atoms with Crippen LogP contribution in [0.5, 0.6) is 0 Å². The highest BCUT2D eigenvalue weighted by Crippen LogP contribution is 2.34. The highest BCUT2D eigenvalue weighted by Gasteiger charge is 2.35. The van der Waals surface area contributed by atoms with Crippen LogP contribution in [0.15, 0.2) is 41.3 Å². The van der Waals surface area contributed by atoms with E-state index in [1.807, 2.05) is 19.0 Å². The number of aromatic nitrogens is 1. The summed E-state index contributed by atoms with van der Waals surface area (Å²) < 4.78 is 28.7. The first-order valence-electron chi connectivity index (χ1n) is 12.2. The number of aryl methyl sites for hydroxylation is 2. The van der Waals surface area contributed by atoms with Crippen molar-refractivity contribution in [3.8, 4) is 0 Å². The molecule has 36 heavy (non-hydrogen) atoms. The standard InChI is InChI=1S/C26H33ClN4O3S2/c1-18-6-11-23-24(19(18)2)28-26(35-23)31(15-5-14-29(3)4)25(32)20-12-16-30(17-13-20)36(33,34)22-9-7-21(27)8-10-22/h6-11,20H,5,12-17H2,1-4H3. The van der Waals surface area contributed by atoms with Crippen LogP contribution in [0.2, 0.25) is 5.02 Å². The van der Waals surface area contributed by atoms with E-state index >= 15 is 0 Å². The van der Waals surface area contributed by atoms with E-state index in [0.717, 1.165) is 33.9 Å². The summed E-state index contributed by atoms with van der Waals surface area (Å²) in [4.78, 5) is 22.8. The van der Waals surface area contributed by atoms with Gasteiger partial charge in [-0.05, 0) is 95.2 Å². The number of benzene rings is 2. The second-order valence-electron chi connectivity index (χ2n) is 9.63. The molecule has 0 N–H and O–H groups in total. The van der Waals surface area contributed by atoms with Gasteiger partial charge in [-0.2, -0.15) is 4.31 Å². The van der Waals surface area contributed by atoms with Crippen molar-refractivity contribution in [3.05, 3.63) is 52.5 Å². The fraction of sp³-hybridized carbons (Fsp3) is 0.462. The first-order valence-corrected chi connectivity index (χ1v) is 14.8. The summed E-state index contributed by atoms with van der Waals surface area (Å²) >= 11 is 7.47. The maximum atomic E-state index is 13.8. The van der Waals surface area contributed by atoms with Gasteiger partial charge in [0, 0.05) is 30.6 Å². The van der Waals surface area contributed by atoms with Crippen LogP contribution in [-0.2, 0) is 14.8 Å². The van der Waals surface area contributed by atoms with E-state index in [1.54, 1.807) is 23.5 Å². The van der Waals surface area contributed by atoms with E-state index < -0.39 is 10.0 Å². The van der Waals surface area contributed by atoms with Crippen LogP contribution in [0.25, 0.3) is 10.2 Å². The van der Waals surface area contributed by atoms with Crippen molar-refractivity contribution in [1.82, 2.24) is 14.2 Å². The molecule has 0 saturated carbocycles. The number of carbonyl (C=O) groups excluding carboxylic acids is 1. The predicted molar refractivity (Wildman–Crippen MR) is 148 cm³/mol. The summed E-state index contributed by atoms with van der Waals surface area (Å²) in [5.41, 5.74) is 3.26. The van der Waals surface area contributed by atoms with Gasteiger partial charge in [0.05, 0.1) is 15.1 Å². The zero-order valence-electron chi connectivity index (χ0n) is 21.2. The monoisotopic (exact) mass is 548 g/mol. The van der Waals surface area contributed by atoms with E-state index in [0.29, 0.717) is 37.5 Å². The average Bonchev–Trinajstić information content (AvgIpc) is 3.29. The number of hydrogen-bond donors (Lipinski definition) is 0. The van der Waals surface area contributed by atoms with Crippen molar-refractivity contribution < 1.29 is 13.2 Å². The summed E-state index contributed by atoms with van der Waals surface area (Å²) in [6.07, 6.45) is 1.80. The Labute approximate surface area is 222 Å². The molecule has 4 rings (SSSR count). The van der Waals surface area contributed by atoms with Gasteiger partial charge in [-0.15, -0.1) is 0 Å². The molecule has 2 heterocycles. The number of sulfonamides is 1. The Morgan fingerprint density at radius 3 is 2.39 bits per heavy atom. The van der Waals surface area contributed by atoms with E-state index in [2.05, 4.69) is 30.9 Å². The molecule has 1 aliphatic heterocycles. The lowest BCUT2D eigenvalue weighted by Crippen LogP contribution is -2.45. The molecule has 3 aromatic rings. The van der Waals surface area contributed by atoms with Crippen LogP contribution in [0.4, 0.5) is 5.13 Å². The van der Waals surface area contributed by atoms with Gasteiger partial charge in [0.25, 0.3) is 0 Å². The highest BCUT2D eigenvalue weighted by molar-refractivity contribution is 7.89. The maximum absolute atomic E-state index is 13.8.